The van der Waals surface area contributed by atoms with E-state index < -0.39 is 0 Å². The maximum absolute atomic E-state index is 6.05. The number of allylic oxidation sites excluding steroid dienone is 3. The summed E-state index contributed by atoms with van der Waals surface area (Å²) in [6.45, 7) is 3.08. The Bertz CT molecular complexity index is 450. The van der Waals surface area contributed by atoms with Gasteiger partial charge in [-0.25, -0.2) is 4.98 Å². The zero-order chi connectivity index (χ0) is 13.0. The van der Waals surface area contributed by atoms with Crippen molar-refractivity contribution >= 4 is 11.6 Å². The van der Waals surface area contributed by atoms with Crippen molar-refractivity contribution in [3.05, 3.63) is 42.2 Å². The first kappa shape index (κ1) is 13.2. The van der Waals surface area contributed by atoms with Crippen LogP contribution in [0.2, 0.25) is 0 Å². The van der Waals surface area contributed by atoms with Crippen LogP contribution in [-0.4, -0.2) is 22.5 Å². The predicted octanol–water partition coefficient (Wildman–Crippen LogP) is 3.02. The highest BCUT2D eigenvalue weighted by Crippen LogP contribution is 2.27. The lowest BCUT2D eigenvalue weighted by atomic mass is 9.86. The first-order valence-electron chi connectivity index (χ1n) is 6.27. The summed E-state index contributed by atoms with van der Waals surface area (Å²) in [5.74, 6) is 2.26. The molecule has 0 saturated heterocycles. The average molecular weight is 267 g/mol. The summed E-state index contributed by atoms with van der Waals surface area (Å²) in [4.78, 5) is 4.21. The van der Waals surface area contributed by atoms with Gasteiger partial charge in [-0.3, -0.25) is 0 Å². The highest BCUT2D eigenvalue weighted by molar-refractivity contribution is 6.18. The third-order valence-electron chi connectivity index (χ3n) is 3.43. The number of hydrogen-bond donors (Lipinski definition) is 0. The zero-order valence-electron chi connectivity index (χ0n) is 10.8. The van der Waals surface area contributed by atoms with Crippen molar-refractivity contribution in [1.29, 1.82) is 0 Å². The van der Waals surface area contributed by atoms with E-state index in [1.165, 1.54) is 5.69 Å². The standard InChI is InChI=1S/C14H19ClN2O/c1-3-17-10-16-9-13(17)6-11-4-5-14(18-2)7-12(11)8-15/h4-5,7,9-12H,3,6,8H2,1-2H3. The quantitative estimate of drug-likeness (QED) is 0.766. The van der Waals surface area contributed by atoms with E-state index in [2.05, 4.69) is 28.6 Å². The minimum Gasteiger partial charge on any atom is -0.497 e. The maximum atomic E-state index is 6.05. The van der Waals surface area contributed by atoms with Crippen LogP contribution >= 0.6 is 11.6 Å². The van der Waals surface area contributed by atoms with Crippen LogP contribution in [0.5, 0.6) is 0 Å². The summed E-state index contributed by atoms with van der Waals surface area (Å²) in [6, 6.07) is 0. The van der Waals surface area contributed by atoms with Gasteiger partial charge in [0.05, 0.1) is 13.4 Å². The van der Waals surface area contributed by atoms with E-state index >= 15 is 0 Å². The maximum Gasteiger partial charge on any atom is 0.114 e. The fourth-order valence-corrected chi connectivity index (χ4v) is 2.63. The second-order valence-electron chi connectivity index (χ2n) is 4.49. The summed E-state index contributed by atoms with van der Waals surface area (Å²) in [5, 5.41) is 0. The van der Waals surface area contributed by atoms with Crippen LogP contribution in [0.3, 0.4) is 0 Å². The van der Waals surface area contributed by atoms with E-state index in [-0.39, 0.29) is 0 Å². The molecule has 0 fully saturated rings. The molecule has 0 N–H and O–H groups in total. The van der Waals surface area contributed by atoms with Gasteiger partial charge >= 0.3 is 0 Å². The van der Waals surface area contributed by atoms with E-state index in [1.54, 1.807) is 7.11 Å². The van der Waals surface area contributed by atoms with Crippen molar-refractivity contribution in [3.63, 3.8) is 0 Å². The molecular formula is C14H19ClN2O. The van der Waals surface area contributed by atoms with Crippen molar-refractivity contribution in [2.75, 3.05) is 13.0 Å². The summed E-state index contributed by atoms with van der Waals surface area (Å²) >= 11 is 6.05. The molecule has 98 valence electrons. The summed E-state index contributed by atoms with van der Waals surface area (Å²) in [7, 11) is 1.69. The minimum atomic E-state index is 0.326. The second-order valence-corrected chi connectivity index (χ2v) is 4.80. The number of halogens is 1. The van der Waals surface area contributed by atoms with Crippen LogP contribution in [0.4, 0.5) is 0 Å². The van der Waals surface area contributed by atoms with Gasteiger partial charge in [0.15, 0.2) is 0 Å². The highest BCUT2D eigenvalue weighted by atomic mass is 35.5. The Hall–Kier alpha value is -1.22. The van der Waals surface area contributed by atoms with E-state index in [0.29, 0.717) is 17.7 Å². The number of methoxy groups -OCH3 is 1. The van der Waals surface area contributed by atoms with E-state index in [9.17, 15) is 0 Å². The van der Waals surface area contributed by atoms with Gasteiger partial charge in [0.1, 0.15) is 5.76 Å². The molecule has 0 aromatic carbocycles. The normalized spacial score (nSPS) is 22.9. The number of rotatable bonds is 5. The Balaban J connectivity index is 2.10. The first-order chi connectivity index (χ1) is 8.78. The van der Waals surface area contributed by atoms with Crippen molar-refractivity contribution in [2.24, 2.45) is 11.8 Å². The molecule has 1 aromatic heterocycles. The van der Waals surface area contributed by atoms with Gasteiger partial charge in [-0.15, -0.1) is 11.6 Å². The Kier molecular flexibility index (Phi) is 4.48. The molecule has 0 aliphatic heterocycles. The molecule has 18 heavy (non-hydrogen) atoms. The van der Waals surface area contributed by atoms with Gasteiger partial charge in [-0.05, 0) is 31.4 Å². The number of nitrogens with zero attached hydrogens (tertiary/aromatic N) is 2. The molecule has 1 aliphatic rings. The number of aromatic nitrogens is 2. The second kappa shape index (κ2) is 6.10. The topological polar surface area (TPSA) is 27.1 Å². The Labute approximate surface area is 113 Å². The zero-order valence-corrected chi connectivity index (χ0v) is 11.6. The summed E-state index contributed by atoms with van der Waals surface area (Å²) < 4.78 is 7.43. The number of aryl methyl sites for hydroxylation is 1. The van der Waals surface area contributed by atoms with Gasteiger partial charge < -0.3 is 9.30 Å². The van der Waals surface area contributed by atoms with Crippen LogP contribution in [-0.2, 0) is 17.7 Å². The van der Waals surface area contributed by atoms with Crippen molar-refractivity contribution in [3.8, 4) is 0 Å². The lowest BCUT2D eigenvalue weighted by Crippen LogP contribution is -2.19. The third-order valence-corrected chi connectivity index (χ3v) is 3.79. The number of hydrogen-bond acceptors (Lipinski definition) is 2. The summed E-state index contributed by atoms with van der Waals surface area (Å²) in [5.41, 5.74) is 1.26. The molecule has 2 unspecified atom stereocenters. The lowest BCUT2D eigenvalue weighted by Gasteiger charge is -2.24. The number of alkyl halides is 1. The molecular weight excluding hydrogens is 248 g/mol. The summed E-state index contributed by atoms with van der Waals surface area (Å²) in [6.07, 6.45) is 11.1. The number of imidazole rings is 1. The van der Waals surface area contributed by atoms with Crippen LogP contribution < -0.4 is 0 Å². The van der Waals surface area contributed by atoms with Crippen molar-refractivity contribution in [2.45, 2.75) is 19.9 Å². The fraction of sp³-hybridized carbons (Fsp3) is 0.500. The molecule has 3 nitrogen and oxygen atoms in total. The molecule has 2 atom stereocenters. The van der Waals surface area contributed by atoms with Crippen LogP contribution in [0.15, 0.2) is 36.5 Å². The minimum absolute atomic E-state index is 0.326. The van der Waals surface area contributed by atoms with E-state index in [4.69, 9.17) is 16.3 Å². The van der Waals surface area contributed by atoms with E-state index in [1.807, 2.05) is 18.6 Å². The van der Waals surface area contributed by atoms with Gasteiger partial charge in [-0.2, -0.15) is 0 Å². The van der Waals surface area contributed by atoms with Crippen LogP contribution in [0.25, 0.3) is 0 Å². The Morgan fingerprint density at radius 3 is 2.94 bits per heavy atom. The van der Waals surface area contributed by atoms with Crippen molar-refractivity contribution < 1.29 is 4.74 Å². The average Bonchev–Trinajstić information content (AvgIpc) is 2.86. The lowest BCUT2D eigenvalue weighted by molar-refractivity contribution is 0.295. The molecule has 1 heterocycles. The smallest absolute Gasteiger partial charge is 0.114 e. The Morgan fingerprint density at radius 2 is 2.28 bits per heavy atom. The Morgan fingerprint density at radius 1 is 1.44 bits per heavy atom. The molecule has 1 aliphatic carbocycles. The van der Waals surface area contributed by atoms with Crippen molar-refractivity contribution in [1.82, 2.24) is 9.55 Å². The van der Waals surface area contributed by atoms with Gasteiger partial charge in [0.2, 0.25) is 0 Å². The van der Waals surface area contributed by atoms with Gasteiger partial charge in [0, 0.05) is 30.2 Å². The third kappa shape index (κ3) is 2.78. The van der Waals surface area contributed by atoms with Gasteiger partial charge in [-0.1, -0.05) is 6.08 Å². The molecule has 0 radical (unpaired) electrons. The molecule has 0 spiro atoms. The SMILES string of the molecule is CCn1cncc1CC1C=CC(OC)=CC1CCl. The predicted molar refractivity (Wildman–Crippen MR) is 73.5 cm³/mol. The fourth-order valence-electron chi connectivity index (χ4n) is 2.31. The first-order valence-corrected chi connectivity index (χ1v) is 6.81. The highest BCUT2D eigenvalue weighted by Gasteiger charge is 2.22. The number of ether oxygens (including phenoxy) is 1. The van der Waals surface area contributed by atoms with Crippen LogP contribution in [0.1, 0.15) is 12.6 Å². The molecule has 0 bridgehead atoms. The van der Waals surface area contributed by atoms with Gasteiger partial charge in [0.25, 0.3) is 0 Å². The monoisotopic (exact) mass is 266 g/mol. The van der Waals surface area contributed by atoms with Crippen LogP contribution in [0, 0.1) is 11.8 Å². The molecule has 1 aromatic rings. The molecule has 0 saturated carbocycles. The molecule has 0 amide bonds. The molecule has 4 heteroatoms. The largest absolute Gasteiger partial charge is 0.497 e. The van der Waals surface area contributed by atoms with E-state index in [0.717, 1.165) is 18.7 Å². The molecule has 2 rings (SSSR count).